The maximum absolute atomic E-state index is 12.1. The summed E-state index contributed by atoms with van der Waals surface area (Å²) in [5.74, 6) is -0.242. The van der Waals surface area contributed by atoms with E-state index < -0.39 is 11.1 Å². The summed E-state index contributed by atoms with van der Waals surface area (Å²) in [5, 5.41) is 12.8. The molecule has 0 heterocycles. The monoisotopic (exact) mass is 250 g/mol. The summed E-state index contributed by atoms with van der Waals surface area (Å²) < 4.78 is 0. The fourth-order valence-electron chi connectivity index (χ4n) is 1.29. The van der Waals surface area contributed by atoms with Crippen molar-refractivity contribution in [2.45, 2.75) is 45.8 Å². The Morgan fingerprint density at radius 3 is 2.28 bits per heavy atom. The molecule has 1 aromatic rings. The van der Waals surface area contributed by atoms with Gasteiger partial charge in [-0.2, -0.15) is 0 Å². The van der Waals surface area contributed by atoms with Gasteiger partial charge < -0.3 is 16.2 Å². The second-order valence-corrected chi connectivity index (χ2v) is 5.71. The third-order valence-electron chi connectivity index (χ3n) is 3.50. The fraction of sp³-hybridized carbons (Fsp3) is 0.500. The van der Waals surface area contributed by atoms with Crippen molar-refractivity contribution in [1.82, 2.24) is 5.32 Å². The van der Waals surface area contributed by atoms with Crippen LogP contribution in [0, 0.1) is 6.92 Å². The van der Waals surface area contributed by atoms with Crippen LogP contribution in [0.25, 0.3) is 0 Å². The topological polar surface area (TPSA) is 75.3 Å². The van der Waals surface area contributed by atoms with E-state index in [1.54, 1.807) is 45.9 Å². The highest BCUT2D eigenvalue weighted by Gasteiger charge is 2.36. The third kappa shape index (κ3) is 3.01. The van der Waals surface area contributed by atoms with E-state index in [1.165, 1.54) is 0 Å². The Morgan fingerprint density at radius 2 is 1.83 bits per heavy atom. The van der Waals surface area contributed by atoms with Crippen molar-refractivity contribution in [3.05, 3.63) is 29.3 Å². The van der Waals surface area contributed by atoms with Crippen molar-refractivity contribution in [2.75, 3.05) is 5.73 Å². The molecule has 4 N–H and O–H groups in total. The molecule has 0 unspecified atom stereocenters. The minimum absolute atomic E-state index is 0.242. The Labute approximate surface area is 108 Å². The van der Waals surface area contributed by atoms with E-state index in [4.69, 9.17) is 5.73 Å². The molecule has 1 rings (SSSR count). The van der Waals surface area contributed by atoms with Crippen molar-refractivity contribution in [3.63, 3.8) is 0 Å². The van der Waals surface area contributed by atoms with Gasteiger partial charge in [0, 0.05) is 11.3 Å². The van der Waals surface area contributed by atoms with E-state index >= 15 is 0 Å². The van der Waals surface area contributed by atoms with Gasteiger partial charge in [-0.3, -0.25) is 4.79 Å². The number of benzene rings is 1. The highest BCUT2D eigenvalue weighted by molar-refractivity contribution is 5.95. The summed E-state index contributed by atoms with van der Waals surface area (Å²) in [6.07, 6.45) is 0. The molecule has 18 heavy (non-hydrogen) atoms. The number of amides is 1. The predicted molar refractivity (Wildman–Crippen MR) is 73.4 cm³/mol. The molecule has 0 radical (unpaired) electrons. The molecule has 0 fully saturated rings. The minimum Gasteiger partial charge on any atom is -0.398 e. The van der Waals surface area contributed by atoms with Gasteiger partial charge in [-0.15, -0.1) is 0 Å². The zero-order valence-electron chi connectivity index (χ0n) is 11.7. The van der Waals surface area contributed by atoms with E-state index in [2.05, 4.69) is 5.32 Å². The highest BCUT2D eigenvalue weighted by Crippen LogP contribution is 2.21. The van der Waals surface area contributed by atoms with Gasteiger partial charge >= 0.3 is 0 Å². The van der Waals surface area contributed by atoms with Crippen molar-refractivity contribution in [2.24, 2.45) is 0 Å². The molecule has 4 heteroatoms. The molecule has 100 valence electrons. The Bertz CT molecular complexity index is 459. The van der Waals surface area contributed by atoms with Crippen molar-refractivity contribution < 1.29 is 9.90 Å². The molecule has 0 atom stereocenters. The number of carbonyl (C=O) groups is 1. The first kappa shape index (κ1) is 14.5. The van der Waals surface area contributed by atoms with Crippen LogP contribution in [-0.2, 0) is 0 Å². The van der Waals surface area contributed by atoms with E-state index in [0.717, 1.165) is 5.56 Å². The van der Waals surface area contributed by atoms with Gasteiger partial charge in [-0.1, -0.05) is 6.07 Å². The maximum atomic E-state index is 12.1. The van der Waals surface area contributed by atoms with E-state index in [9.17, 15) is 9.90 Å². The van der Waals surface area contributed by atoms with Crippen LogP contribution in [0.3, 0.4) is 0 Å². The van der Waals surface area contributed by atoms with Crippen molar-refractivity contribution >= 4 is 11.6 Å². The number of hydrogen-bond acceptors (Lipinski definition) is 3. The maximum Gasteiger partial charge on any atom is 0.251 e. The average Bonchev–Trinajstić information content (AvgIpc) is 2.19. The quantitative estimate of drug-likeness (QED) is 0.717. The van der Waals surface area contributed by atoms with Crippen molar-refractivity contribution in [1.29, 1.82) is 0 Å². The van der Waals surface area contributed by atoms with Crippen LogP contribution in [0.1, 0.15) is 43.6 Å². The summed E-state index contributed by atoms with van der Waals surface area (Å²) in [6, 6.07) is 5.17. The van der Waals surface area contributed by atoms with E-state index in [1.807, 2.05) is 6.92 Å². The minimum atomic E-state index is -1.01. The average molecular weight is 250 g/mol. The highest BCUT2D eigenvalue weighted by atomic mass is 16.3. The molecular formula is C14H22N2O2. The molecule has 0 aliphatic heterocycles. The normalized spacial score (nSPS) is 12.3. The number of nitrogens with two attached hydrogens (primary N) is 1. The Kier molecular flexibility index (Phi) is 3.72. The van der Waals surface area contributed by atoms with Crippen LogP contribution >= 0.6 is 0 Å². The van der Waals surface area contributed by atoms with Crippen LogP contribution in [0.5, 0.6) is 0 Å². The standard InChI is InChI=1S/C14H22N2O2/c1-9-6-7-10(8-11(9)15)12(17)16-13(2,3)14(4,5)18/h6-8,18H,15H2,1-5H3,(H,16,17). The fourth-order valence-corrected chi connectivity index (χ4v) is 1.29. The van der Waals surface area contributed by atoms with Gasteiger partial charge in [0.05, 0.1) is 11.1 Å². The Balaban J connectivity index is 2.93. The van der Waals surface area contributed by atoms with Crippen LogP contribution in [-0.4, -0.2) is 22.2 Å². The van der Waals surface area contributed by atoms with Crippen LogP contribution in [0.15, 0.2) is 18.2 Å². The lowest BCUT2D eigenvalue weighted by molar-refractivity contribution is -0.00292. The molecule has 1 amide bonds. The van der Waals surface area contributed by atoms with Crippen LogP contribution < -0.4 is 11.1 Å². The predicted octanol–water partition coefficient (Wildman–Crippen LogP) is 1.86. The Morgan fingerprint density at radius 1 is 1.28 bits per heavy atom. The number of nitrogens with one attached hydrogen (secondary N) is 1. The summed E-state index contributed by atoms with van der Waals surface area (Å²) >= 11 is 0. The van der Waals surface area contributed by atoms with Crippen molar-refractivity contribution in [3.8, 4) is 0 Å². The number of hydrogen-bond donors (Lipinski definition) is 3. The van der Waals surface area contributed by atoms with E-state index in [-0.39, 0.29) is 5.91 Å². The number of anilines is 1. The van der Waals surface area contributed by atoms with Gasteiger partial charge in [-0.05, 0) is 52.3 Å². The van der Waals surface area contributed by atoms with Crippen LogP contribution in [0.2, 0.25) is 0 Å². The number of aryl methyl sites for hydroxylation is 1. The molecule has 0 spiro atoms. The number of carbonyl (C=O) groups excluding carboxylic acids is 1. The van der Waals surface area contributed by atoms with Gasteiger partial charge in [0.1, 0.15) is 0 Å². The molecule has 0 saturated carbocycles. The summed E-state index contributed by atoms with van der Waals surface area (Å²) in [6.45, 7) is 8.77. The van der Waals surface area contributed by atoms with Gasteiger partial charge in [-0.25, -0.2) is 0 Å². The SMILES string of the molecule is Cc1ccc(C(=O)NC(C)(C)C(C)(C)O)cc1N. The second-order valence-electron chi connectivity index (χ2n) is 5.71. The summed E-state index contributed by atoms with van der Waals surface area (Å²) in [5.41, 5.74) is 6.05. The molecule has 0 aliphatic rings. The number of aliphatic hydroxyl groups is 1. The van der Waals surface area contributed by atoms with E-state index in [0.29, 0.717) is 11.3 Å². The molecule has 0 aromatic heterocycles. The summed E-state index contributed by atoms with van der Waals surface area (Å²) in [7, 11) is 0. The summed E-state index contributed by atoms with van der Waals surface area (Å²) in [4.78, 5) is 12.1. The van der Waals surface area contributed by atoms with Gasteiger partial charge in [0.25, 0.3) is 5.91 Å². The molecule has 0 aliphatic carbocycles. The lowest BCUT2D eigenvalue weighted by Crippen LogP contribution is -2.57. The van der Waals surface area contributed by atoms with Crippen LogP contribution in [0.4, 0.5) is 5.69 Å². The zero-order valence-corrected chi connectivity index (χ0v) is 11.7. The first-order valence-corrected chi connectivity index (χ1v) is 5.95. The Hall–Kier alpha value is -1.55. The number of nitrogen functional groups attached to an aromatic ring is 1. The zero-order chi connectivity index (χ0) is 14.1. The first-order chi connectivity index (χ1) is 8.04. The molecule has 0 saturated heterocycles. The third-order valence-corrected chi connectivity index (χ3v) is 3.50. The molecule has 0 bridgehead atoms. The largest absolute Gasteiger partial charge is 0.398 e. The second kappa shape index (κ2) is 4.61. The van der Waals surface area contributed by atoms with Gasteiger partial charge in [0.2, 0.25) is 0 Å². The smallest absolute Gasteiger partial charge is 0.251 e. The lowest BCUT2D eigenvalue weighted by atomic mass is 9.85. The molecular weight excluding hydrogens is 228 g/mol. The lowest BCUT2D eigenvalue weighted by Gasteiger charge is -2.38. The molecule has 1 aromatic carbocycles. The van der Waals surface area contributed by atoms with Gasteiger partial charge in [0.15, 0.2) is 0 Å². The first-order valence-electron chi connectivity index (χ1n) is 5.95. The molecule has 4 nitrogen and oxygen atoms in total. The number of rotatable bonds is 3.